The number of nitrogens with zero attached hydrogens (tertiary/aromatic N) is 3. The van der Waals surface area contributed by atoms with Crippen LogP contribution >= 0.6 is 0 Å². The van der Waals surface area contributed by atoms with Crippen LogP contribution in [-0.4, -0.2) is 14.4 Å². The van der Waals surface area contributed by atoms with E-state index >= 15 is 0 Å². The van der Waals surface area contributed by atoms with Gasteiger partial charge in [0.25, 0.3) is 0 Å². The summed E-state index contributed by atoms with van der Waals surface area (Å²) < 4.78 is 84.4. The van der Waals surface area contributed by atoms with Crippen LogP contribution in [0.15, 0.2) is 85.8 Å². The van der Waals surface area contributed by atoms with Crippen molar-refractivity contribution in [2.45, 2.75) is 6.18 Å². The van der Waals surface area contributed by atoms with Crippen molar-refractivity contribution in [1.29, 1.82) is 0 Å². The molecule has 0 aliphatic rings. The van der Waals surface area contributed by atoms with E-state index < -0.39 is 29.2 Å². The van der Waals surface area contributed by atoms with Gasteiger partial charge in [-0.1, -0.05) is 12.6 Å². The van der Waals surface area contributed by atoms with E-state index in [9.17, 15) is 26.3 Å². The minimum Gasteiger partial charge on any atom is -0.356 e. The van der Waals surface area contributed by atoms with Gasteiger partial charge in [0.05, 0.1) is 28.5 Å². The van der Waals surface area contributed by atoms with Crippen LogP contribution in [0.4, 0.5) is 32.0 Å². The summed E-state index contributed by atoms with van der Waals surface area (Å²) in [4.78, 5) is 8.25. The predicted octanol–water partition coefficient (Wildman–Crippen LogP) is 7.58. The lowest BCUT2D eigenvalue weighted by Crippen LogP contribution is -2.12. The average molecular weight is 510 g/mol. The molecule has 0 saturated heterocycles. The van der Waals surface area contributed by atoms with Gasteiger partial charge in [-0.15, -0.1) is 0 Å². The molecular weight excluding hydrogens is 494 g/mol. The number of hydrogen-bond donors (Lipinski definition) is 1. The molecule has 2 aromatic carbocycles. The molecule has 0 radical (unpaired) electrons. The summed E-state index contributed by atoms with van der Waals surface area (Å²) >= 11 is 0. The fourth-order valence-corrected chi connectivity index (χ4v) is 3.97. The Morgan fingerprint density at radius 1 is 0.865 bits per heavy atom. The van der Waals surface area contributed by atoms with Crippen LogP contribution in [-0.2, 0) is 6.18 Å². The maximum atomic E-state index is 14.4. The van der Waals surface area contributed by atoms with Crippen molar-refractivity contribution in [3.8, 4) is 22.6 Å². The highest BCUT2D eigenvalue weighted by Crippen LogP contribution is 2.37. The minimum atomic E-state index is -4.72. The number of hydrogen-bond acceptors (Lipinski definition) is 3. The summed E-state index contributed by atoms with van der Waals surface area (Å²) in [5.41, 5.74) is -0.0994. The molecule has 0 aliphatic carbocycles. The van der Waals surface area contributed by atoms with E-state index in [1.54, 1.807) is 18.3 Å². The van der Waals surface area contributed by atoms with Crippen LogP contribution < -0.4 is 5.32 Å². The molecule has 0 bridgehead atoms. The second-order valence-corrected chi connectivity index (χ2v) is 8.08. The van der Waals surface area contributed by atoms with Crippen LogP contribution in [0.1, 0.15) is 11.1 Å². The van der Waals surface area contributed by atoms with E-state index in [2.05, 4.69) is 21.9 Å². The van der Waals surface area contributed by atoms with Crippen molar-refractivity contribution in [2.24, 2.45) is 0 Å². The SMILES string of the molecule is C=C(Nc1ccc(F)cc1)c1cc(-c2cccn3c(-c4cccc(F)c4F)ncc23)ncc1C(F)(F)F. The summed E-state index contributed by atoms with van der Waals surface area (Å²) in [6.07, 6.45) is -1.04. The molecule has 5 aromatic rings. The topological polar surface area (TPSA) is 42.2 Å². The molecule has 4 nitrogen and oxygen atoms in total. The first kappa shape index (κ1) is 24.1. The van der Waals surface area contributed by atoms with Gasteiger partial charge in [0.1, 0.15) is 11.6 Å². The highest BCUT2D eigenvalue weighted by atomic mass is 19.4. The van der Waals surface area contributed by atoms with Crippen LogP contribution in [0.3, 0.4) is 0 Å². The minimum absolute atomic E-state index is 0.0740. The van der Waals surface area contributed by atoms with Crippen LogP contribution in [0.5, 0.6) is 0 Å². The number of anilines is 1. The molecule has 10 heteroatoms. The lowest BCUT2D eigenvalue weighted by molar-refractivity contribution is -0.138. The Hall–Kier alpha value is -4.60. The quantitative estimate of drug-likeness (QED) is 0.248. The third-order valence-electron chi connectivity index (χ3n) is 5.71. The zero-order valence-electron chi connectivity index (χ0n) is 18.8. The number of alkyl halides is 3. The number of pyridine rings is 2. The molecule has 5 rings (SSSR count). The number of fused-ring (bicyclic) bond motifs is 1. The van der Waals surface area contributed by atoms with Gasteiger partial charge in [-0.2, -0.15) is 13.2 Å². The van der Waals surface area contributed by atoms with Crippen molar-refractivity contribution in [2.75, 3.05) is 5.32 Å². The van der Waals surface area contributed by atoms with Crippen molar-refractivity contribution in [3.63, 3.8) is 0 Å². The second-order valence-electron chi connectivity index (χ2n) is 8.08. The molecule has 0 saturated carbocycles. The number of nitrogens with one attached hydrogen (secondary N) is 1. The fourth-order valence-electron chi connectivity index (χ4n) is 3.97. The summed E-state index contributed by atoms with van der Waals surface area (Å²) in [5, 5.41) is 2.77. The number of imidazole rings is 1. The molecule has 186 valence electrons. The Bertz CT molecular complexity index is 1640. The summed E-state index contributed by atoms with van der Waals surface area (Å²) in [6, 6.07) is 13.2. The Labute approximate surface area is 206 Å². The molecule has 0 spiro atoms. The normalized spacial score (nSPS) is 11.6. The van der Waals surface area contributed by atoms with E-state index in [4.69, 9.17) is 0 Å². The van der Waals surface area contributed by atoms with Gasteiger partial charge in [0.15, 0.2) is 11.6 Å². The molecule has 3 heterocycles. The van der Waals surface area contributed by atoms with Gasteiger partial charge >= 0.3 is 6.18 Å². The molecule has 1 N–H and O–H groups in total. The van der Waals surface area contributed by atoms with Crippen molar-refractivity contribution < 1.29 is 26.3 Å². The van der Waals surface area contributed by atoms with Gasteiger partial charge in [0.2, 0.25) is 0 Å². The molecule has 0 aliphatic heterocycles. The summed E-state index contributed by atoms with van der Waals surface area (Å²) in [7, 11) is 0. The van der Waals surface area contributed by atoms with Gasteiger partial charge in [0, 0.05) is 34.9 Å². The van der Waals surface area contributed by atoms with Gasteiger partial charge in [-0.05, 0) is 54.6 Å². The predicted molar refractivity (Wildman–Crippen MR) is 128 cm³/mol. The molecule has 37 heavy (non-hydrogen) atoms. The maximum Gasteiger partial charge on any atom is 0.418 e. The first-order valence-electron chi connectivity index (χ1n) is 10.8. The smallest absolute Gasteiger partial charge is 0.356 e. The van der Waals surface area contributed by atoms with Crippen molar-refractivity contribution >= 4 is 16.9 Å². The molecular formula is C27H16F6N4. The number of halogens is 6. The summed E-state index contributed by atoms with van der Waals surface area (Å²) in [6.45, 7) is 3.75. The highest BCUT2D eigenvalue weighted by molar-refractivity contribution is 5.84. The van der Waals surface area contributed by atoms with E-state index in [0.717, 1.165) is 18.2 Å². The van der Waals surface area contributed by atoms with Crippen LogP contribution in [0.2, 0.25) is 0 Å². The zero-order chi connectivity index (χ0) is 26.3. The second kappa shape index (κ2) is 9.12. The third kappa shape index (κ3) is 4.53. The number of rotatable bonds is 5. The van der Waals surface area contributed by atoms with Crippen molar-refractivity contribution in [1.82, 2.24) is 14.4 Å². The lowest BCUT2D eigenvalue weighted by atomic mass is 10.0. The largest absolute Gasteiger partial charge is 0.418 e. The molecule has 0 unspecified atom stereocenters. The standard InChI is InChI=1S/C27H16F6N4/c1-15(36-17-9-7-16(28)8-10-17)20-12-23(34-13-21(20)27(31,32)33)18-5-3-11-37-24(18)14-35-26(37)19-4-2-6-22(29)25(19)30/h2-14,36H,1H2. The fraction of sp³-hybridized carbons (Fsp3) is 0.0370. The maximum absolute atomic E-state index is 14.4. The van der Waals surface area contributed by atoms with Crippen LogP contribution in [0, 0.1) is 17.5 Å². The zero-order valence-corrected chi connectivity index (χ0v) is 18.8. The summed E-state index contributed by atoms with van der Waals surface area (Å²) in [5.74, 6) is -2.49. The van der Waals surface area contributed by atoms with Gasteiger partial charge < -0.3 is 5.32 Å². The molecule has 0 amide bonds. The van der Waals surface area contributed by atoms with E-state index in [0.29, 0.717) is 23.0 Å². The first-order valence-corrected chi connectivity index (χ1v) is 10.8. The lowest BCUT2D eigenvalue weighted by Gasteiger charge is -2.17. The van der Waals surface area contributed by atoms with Gasteiger partial charge in [-0.3, -0.25) is 9.38 Å². The Kier molecular flexibility index (Phi) is 5.94. The van der Waals surface area contributed by atoms with Gasteiger partial charge in [-0.25, -0.2) is 18.2 Å². The molecule has 0 fully saturated rings. The number of aromatic nitrogens is 3. The monoisotopic (exact) mass is 510 g/mol. The van der Waals surface area contributed by atoms with E-state index in [1.807, 2.05) is 0 Å². The Morgan fingerprint density at radius 2 is 1.59 bits per heavy atom. The molecule has 3 aromatic heterocycles. The Balaban J connectivity index is 1.61. The average Bonchev–Trinajstić information content (AvgIpc) is 3.30. The van der Waals surface area contributed by atoms with Crippen LogP contribution in [0.25, 0.3) is 33.9 Å². The highest BCUT2D eigenvalue weighted by Gasteiger charge is 2.35. The van der Waals surface area contributed by atoms with E-state index in [1.165, 1.54) is 40.9 Å². The first-order chi connectivity index (χ1) is 17.6. The number of benzene rings is 2. The third-order valence-corrected chi connectivity index (χ3v) is 5.71. The molecule has 0 atom stereocenters. The Morgan fingerprint density at radius 3 is 2.32 bits per heavy atom. The van der Waals surface area contributed by atoms with Crippen molar-refractivity contribution in [3.05, 3.63) is 114 Å². The van der Waals surface area contributed by atoms with E-state index in [-0.39, 0.29) is 28.3 Å².